The fraction of sp³-hybridized carbons (Fsp3) is 0.500. The molecule has 4 heteroatoms. The molecule has 4 nitrogen and oxygen atoms in total. The third-order valence-electron chi connectivity index (χ3n) is 3.49. The number of methoxy groups -OCH3 is 1. The minimum atomic E-state index is -1.07. The van der Waals surface area contributed by atoms with Crippen molar-refractivity contribution in [3.8, 4) is 0 Å². The van der Waals surface area contributed by atoms with Crippen molar-refractivity contribution >= 4 is 11.5 Å². The molecule has 0 radical (unpaired) electrons. The van der Waals surface area contributed by atoms with Gasteiger partial charge in [-0.2, -0.15) is 0 Å². The first-order valence-corrected chi connectivity index (χ1v) is 7.84. The van der Waals surface area contributed by atoms with Gasteiger partial charge in [0.05, 0.1) is 13.2 Å². The third kappa shape index (κ3) is 5.19. The minimum absolute atomic E-state index is 0.0406. The number of carboxylic acids is 1. The summed E-state index contributed by atoms with van der Waals surface area (Å²) in [6, 6.07) is 9.46. The van der Waals surface area contributed by atoms with Crippen LogP contribution in [0.5, 0.6) is 0 Å². The second-order valence-corrected chi connectivity index (χ2v) is 5.06. The molecule has 0 spiro atoms. The van der Waals surface area contributed by atoms with Gasteiger partial charge in [0.15, 0.2) is 0 Å². The van der Waals surface area contributed by atoms with Gasteiger partial charge in [0, 0.05) is 12.2 Å². The van der Waals surface area contributed by atoms with E-state index >= 15 is 0 Å². The van der Waals surface area contributed by atoms with Gasteiger partial charge < -0.3 is 14.6 Å². The van der Waals surface area contributed by atoms with Gasteiger partial charge in [-0.05, 0) is 18.9 Å². The van der Waals surface area contributed by atoms with Crippen LogP contribution in [0.15, 0.2) is 36.1 Å². The van der Waals surface area contributed by atoms with E-state index in [1.807, 2.05) is 37.3 Å². The molecule has 0 saturated carbocycles. The minimum Gasteiger partial charge on any atom is -0.490 e. The largest absolute Gasteiger partial charge is 0.490 e. The first kappa shape index (κ1) is 18.2. The second kappa shape index (κ2) is 10.0. The summed E-state index contributed by atoms with van der Waals surface area (Å²) in [5.41, 5.74) is 1.45. The molecular formula is C18H26O4. The number of hydrogen-bond donors (Lipinski definition) is 1. The zero-order valence-electron chi connectivity index (χ0n) is 13.7. The zero-order valence-corrected chi connectivity index (χ0v) is 13.7. The average Bonchev–Trinajstić information content (AvgIpc) is 2.52. The highest BCUT2D eigenvalue weighted by atomic mass is 16.5. The molecule has 1 aromatic carbocycles. The van der Waals surface area contributed by atoms with E-state index < -0.39 is 5.97 Å². The summed E-state index contributed by atoms with van der Waals surface area (Å²) < 4.78 is 11.0. The van der Waals surface area contributed by atoms with E-state index in [4.69, 9.17) is 9.47 Å². The van der Waals surface area contributed by atoms with Crippen molar-refractivity contribution in [3.63, 3.8) is 0 Å². The molecular weight excluding hydrogens is 280 g/mol. The maximum absolute atomic E-state index is 11.5. The summed E-state index contributed by atoms with van der Waals surface area (Å²) in [7, 11) is 1.39. The number of ether oxygens (including phenoxy) is 2. The van der Waals surface area contributed by atoms with Gasteiger partial charge in [-0.1, -0.05) is 56.5 Å². The third-order valence-corrected chi connectivity index (χ3v) is 3.49. The van der Waals surface area contributed by atoms with Crippen molar-refractivity contribution in [2.75, 3.05) is 13.7 Å². The lowest BCUT2D eigenvalue weighted by Gasteiger charge is -2.22. The molecule has 0 aliphatic rings. The van der Waals surface area contributed by atoms with Crippen LogP contribution >= 0.6 is 0 Å². The highest BCUT2D eigenvalue weighted by Crippen LogP contribution is 2.28. The molecule has 1 rings (SSSR count). The zero-order chi connectivity index (χ0) is 16.4. The van der Waals surface area contributed by atoms with E-state index in [-0.39, 0.29) is 11.9 Å². The Morgan fingerprint density at radius 3 is 2.36 bits per heavy atom. The maximum Gasteiger partial charge on any atom is 0.371 e. The molecule has 0 aromatic heterocycles. The lowest BCUT2D eigenvalue weighted by molar-refractivity contribution is -0.136. The van der Waals surface area contributed by atoms with Gasteiger partial charge in [0.1, 0.15) is 0 Å². The first-order valence-electron chi connectivity index (χ1n) is 7.84. The number of rotatable bonds is 10. The van der Waals surface area contributed by atoms with Crippen LogP contribution in [-0.2, 0) is 14.3 Å². The molecule has 1 atom stereocenters. The van der Waals surface area contributed by atoms with E-state index in [9.17, 15) is 9.90 Å². The smallest absolute Gasteiger partial charge is 0.371 e. The van der Waals surface area contributed by atoms with Crippen LogP contribution in [0.1, 0.15) is 45.1 Å². The first-order chi connectivity index (χ1) is 10.7. The number of benzene rings is 1. The number of hydrogen-bond acceptors (Lipinski definition) is 3. The van der Waals surface area contributed by atoms with Crippen molar-refractivity contribution in [1.82, 2.24) is 0 Å². The molecule has 0 bridgehead atoms. The molecule has 0 heterocycles. The summed E-state index contributed by atoms with van der Waals surface area (Å²) in [5, 5.41) is 9.46. The molecule has 0 aliphatic carbocycles. The van der Waals surface area contributed by atoms with E-state index in [1.165, 1.54) is 7.11 Å². The molecule has 0 fully saturated rings. The summed E-state index contributed by atoms with van der Waals surface area (Å²) in [5.74, 6) is -1.11. The molecule has 1 aromatic rings. The van der Waals surface area contributed by atoms with E-state index in [1.54, 1.807) is 0 Å². The monoisotopic (exact) mass is 306 g/mol. The van der Waals surface area contributed by atoms with Crippen LogP contribution in [0, 0.1) is 0 Å². The van der Waals surface area contributed by atoms with Gasteiger partial charge in [-0.3, -0.25) is 0 Å². The topological polar surface area (TPSA) is 55.8 Å². The number of aliphatic carboxylic acids is 1. The predicted molar refractivity (Wildman–Crippen MR) is 87.6 cm³/mol. The lowest BCUT2D eigenvalue weighted by atomic mass is 9.95. The SMILES string of the molecule is CCCCCC(OCC)C(=C(OC)C(=O)O)c1ccccc1. The molecule has 0 amide bonds. The van der Waals surface area contributed by atoms with Crippen molar-refractivity contribution in [1.29, 1.82) is 0 Å². The van der Waals surface area contributed by atoms with Crippen LogP contribution in [0.25, 0.3) is 5.57 Å². The second-order valence-electron chi connectivity index (χ2n) is 5.06. The van der Waals surface area contributed by atoms with Gasteiger partial charge >= 0.3 is 5.97 Å². The van der Waals surface area contributed by atoms with Crippen LogP contribution < -0.4 is 0 Å². The Morgan fingerprint density at radius 1 is 1.18 bits per heavy atom. The quantitative estimate of drug-likeness (QED) is 0.401. The van der Waals surface area contributed by atoms with Gasteiger partial charge in [-0.25, -0.2) is 4.79 Å². The highest BCUT2D eigenvalue weighted by molar-refractivity contribution is 5.95. The Balaban J connectivity index is 3.24. The molecule has 1 N–H and O–H groups in total. The Kier molecular flexibility index (Phi) is 8.30. The molecule has 0 saturated heterocycles. The number of carbonyl (C=O) groups is 1. The highest BCUT2D eigenvalue weighted by Gasteiger charge is 2.25. The van der Waals surface area contributed by atoms with E-state index in [0.29, 0.717) is 12.2 Å². The van der Waals surface area contributed by atoms with Gasteiger partial charge in [-0.15, -0.1) is 0 Å². The van der Waals surface area contributed by atoms with Crippen LogP contribution in [-0.4, -0.2) is 30.9 Å². The van der Waals surface area contributed by atoms with Crippen molar-refractivity contribution in [2.45, 2.75) is 45.6 Å². The number of carboxylic acid groups (broad SMARTS) is 1. The normalized spacial score (nSPS) is 13.4. The Bertz CT molecular complexity index is 479. The Morgan fingerprint density at radius 2 is 1.86 bits per heavy atom. The summed E-state index contributed by atoms with van der Waals surface area (Å²) in [6.45, 7) is 4.59. The molecule has 0 aliphatic heterocycles. The van der Waals surface area contributed by atoms with Crippen molar-refractivity contribution < 1.29 is 19.4 Å². The lowest BCUT2D eigenvalue weighted by Crippen LogP contribution is -2.20. The fourth-order valence-corrected chi connectivity index (χ4v) is 2.49. The van der Waals surface area contributed by atoms with E-state index in [0.717, 1.165) is 31.2 Å². The Labute approximate surface area is 132 Å². The fourth-order valence-electron chi connectivity index (χ4n) is 2.49. The molecule has 1 unspecified atom stereocenters. The van der Waals surface area contributed by atoms with E-state index in [2.05, 4.69) is 6.92 Å². The number of unbranched alkanes of at least 4 members (excludes halogenated alkanes) is 2. The van der Waals surface area contributed by atoms with Gasteiger partial charge in [0.25, 0.3) is 0 Å². The molecule has 22 heavy (non-hydrogen) atoms. The average molecular weight is 306 g/mol. The van der Waals surface area contributed by atoms with Crippen LogP contribution in [0.2, 0.25) is 0 Å². The van der Waals surface area contributed by atoms with Gasteiger partial charge in [0.2, 0.25) is 5.76 Å². The standard InChI is InChI=1S/C18H26O4/c1-4-6-8-13-15(22-5-2)16(17(21-3)18(19)20)14-11-9-7-10-12-14/h7,9-12,15H,4-6,8,13H2,1-3H3,(H,19,20). The van der Waals surface area contributed by atoms with Crippen molar-refractivity contribution in [2.24, 2.45) is 0 Å². The van der Waals surface area contributed by atoms with Crippen LogP contribution in [0.3, 0.4) is 0 Å². The molecule has 122 valence electrons. The maximum atomic E-state index is 11.5. The Hall–Kier alpha value is -1.81. The van der Waals surface area contributed by atoms with Crippen LogP contribution in [0.4, 0.5) is 0 Å². The van der Waals surface area contributed by atoms with Crippen molar-refractivity contribution in [3.05, 3.63) is 41.7 Å². The predicted octanol–water partition coefficient (Wildman–Crippen LogP) is 4.11. The summed E-state index contributed by atoms with van der Waals surface area (Å²) in [4.78, 5) is 11.5. The summed E-state index contributed by atoms with van der Waals surface area (Å²) in [6.07, 6.45) is 3.71. The summed E-state index contributed by atoms with van der Waals surface area (Å²) >= 11 is 0.